The van der Waals surface area contributed by atoms with E-state index in [0.29, 0.717) is 5.69 Å². The fraction of sp³-hybridized carbons (Fsp3) is 0.588. The van der Waals surface area contributed by atoms with Crippen molar-refractivity contribution >= 4 is 21.6 Å². The van der Waals surface area contributed by atoms with Crippen molar-refractivity contribution in [1.82, 2.24) is 9.21 Å². The van der Waals surface area contributed by atoms with E-state index in [2.05, 4.69) is 17.3 Å². The molecule has 0 radical (unpaired) electrons. The maximum Gasteiger partial charge on any atom is 0.243 e. The largest absolute Gasteiger partial charge is 0.326 e. The van der Waals surface area contributed by atoms with Crippen molar-refractivity contribution in [2.75, 3.05) is 32.5 Å². The summed E-state index contributed by atoms with van der Waals surface area (Å²) in [5.41, 5.74) is 0.606. The van der Waals surface area contributed by atoms with Crippen molar-refractivity contribution in [2.24, 2.45) is 5.92 Å². The number of hydrogen-bond acceptors (Lipinski definition) is 4. The Morgan fingerprint density at radius 2 is 1.75 bits per heavy atom. The van der Waals surface area contributed by atoms with Crippen LogP contribution in [-0.4, -0.2) is 56.8 Å². The molecule has 1 aromatic rings. The molecule has 1 heterocycles. The topological polar surface area (TPSA) is 69.7 Å². The number of rotatable bonds is 5. The highest BCUT2D eigenvalue weighted by molar-refractivity contribution is 7.89. The van der Waals surface area contributed by atoms with Crippen molar-refractivity contribution in [3.05, 3.63) is 24.3 Å². The Morgan fingerprint density at radius 3 is 2.25 bits per heavy atom. The van der Waals surface area contributed by atoms with Gasteiger partial charge in [0.05, 0.1) is 4.90 Å². The molecule has 2 rings (SSSR count). The Bertz CT molecular complexity index is 663. The summed E-state index contributed by atoms with van der Waals surface area (Å²) in [4.78, 5) is 14.2. The van der Waals surface area contributed by atoms with Gasteiger partial charge in [0.1, 0.15) is 0 Å². The van der Waals surface area contributed by atoms with Gasteiger partial charge in [-0.1, -0.05) is 13.8 Å². The van der Waals surface area contributed by atoms with Gasteiger partial charge in [0.2, 0.25) is 15.9 Å². The molecule has 0 unspecified atom stereocenters. The summed E-state index contributed by atoms with van der Waals surface area (Å²) in [6.45, 7) is 5.44. The molecule has 1 saturated heterocycles. The number of anilines is 1. The monoisotopic (exact) mass is 353 g/mol. The van der Waals surface area contributed by atoms with E-state index in [9.17, 15) is 13.2 Å². The Balaban J connectivity index is 2.10. The molecule has 7 heteroatoms. The lowest BCUT2D eigenvalue weighted by molar-refractivity contribution is -0.118. The lowest BCUT2D eigenvalue weighted by atomic mass is 10.1. The van der Waals surface area contributed by atoms with Crippen LogP contribution in [0.25, 0.3) is 0 Å². The van der Waals surface area contributed by atoms with Crippen LogP contribution in [-0.2, 0) is 14.8 Å². The zero-order valence-corrected chi connectivity index (χ0v) is 15.6. The van der Waals surface area contributed by atoms with Crippen molar-refractivity contribution in [3.63, 3.8) is 0 Å². The maximum atomic E-state index is 12.8. The van der Waals surface area contributed by atoms with Crippen LogP contribution in [0.15, 0.2) is 29.2 Å². The van der Waals surface area contributed by atoms with E-state index in [4.69, 9.17) is 0 Å². The highest BCUT2D eigenvalue weighted by Gasteiger charge is 2.30. The molecule has 1 aromatic carbocycles. The van der Waals surface area contributed by atoms with E-state index >= 15 is 0 Å². The summed E-state index contributed by atoms with van der Waals surface area (Å²) in [5.74, 6) is -0.210. The van der Waals surface area contributed by atoms with Gasteiger partial charge in [0.15, 0.2) is 0 Å². The quantitative estimate of drug-likeness (QED) is 0.879. The summed E-state index contributed by atoms with van der Waals surface area (Å²) >= 11 is 0. The second kappa shape index (κ2) is 7.63. The number of nitrogens with one attached hydrogen (secondary N) is 1. The van der Waals surface area contributed by atoms with E-state index < -0.39 is 10.0 Å². The zero-order valence-electron chi connectivity index (χ0n) is 14.8. The molecular formula is C17H27N3O3S. The number of hydrogen-bond donors (Lipinski definition) is 1. The first-order valence-electron chi connectivity index (χ1n) is 8.29. The van der Waals surface area contributed by atoms with Gasteiger partial charge in [0, 0.05) is 24.7 Å². The average Bonchev–Trinajstić information content (AvgIpc) is 2.55. The number of likely N-dealkylation sites (tertiary alicyclic amines) is 1. The van der Waals surface area contributed by atoms with Crippen LogP contribution >= 0.6 is 0 Å². The van der Waals surface area contributed by atoms with E-state index in [1.807, 2.05) is 13.8 Å². The number of sulfonamides is 1. The minimum Gasteiger partial charge on any atom is -0.326 e. The summed E-state index contributed by atoms with van der Waals surface area (Å²) in [6.07, 6.45) is 1.68. The molecule has 0 atom stereocenters. The fourth-order valence-electron chi connectivity index (χ4n) is 2.72. The minimum atomic E-state index is -3.52. The smallest absolute Gasteiger partial charge is 0.243 e. The number of amides is 1. The number of piperidine rings is 1. The Labute approximate surface area is 144 Å². The third-order valence-electron chi connectivity index (χ3n) is 4.53. The molecule has 1 amide bonds. The molecule has 0 spiro atoms. The van der Waals surface area contributed by atoms with Gasteiger partial charge in [-0.2, -0.15) is 4.31 Å². The Morgan fingerprint density at radius 1 is 1.21 bits per heavy atom. The Kier molecular flexibility index (Phi) is 6.01. The number of carbonyl (C=O) groups is 1. The van der Waals surface area contributed by atoms with E-state index in [1.54, 1.807) is 31.3 Å². The third kappa shape index (κ3) is 4.34. The number of carbonyl (C=O) groups excluding carboxylic acids is 1. The highest BCUT2D eigenvalue weighted by atomic mass is 32.2. The maximum absolute atomic E-state index is 12.8. The molecule has 1 N–H and O–H groups in total. The third-order valence-corrected chi connectivity index (χ3v) is 6.45. The Hall–Kier alpha value is -1.44. The highest BCUT2D eigenvalue weighted by Crippen LogP contribution is 2.23. The minimum absolute atomic E-state index is 0.0338. The van der Waals surface area contributed by atoms with Crippen LogP contribution in [0.3, 0.4) is 0 Å². The van der Waals surface area contributed by atoms with E-state index in [0.717, 1.165) is 25.9 Å². The van der Waals surface area contributed by atoms with Crippen LogP contribution < -0.4 is 5.32 Å². The van der Waals surface area contributed by atoms with Crippen LogP contribution in [0.5, 0.6) is 0 Å². The van der Waals surface area contributed by atoms with Gasteiger partial charge in [-0.3, -0.25) is 4.79 Å². The van der Waals surface area contributed by atoms with Crippen molar-refractivity contribution in [3.8, 4) is 0 Å². The van der Waals surface area contributed by atoms with E-state index in [1.165, 1.54) is 4.31 Å². The van der Waals surface area contributed by atoms with Crippen LogP contribution in [0.1, 0.15) is 26.7 Å². The van der Waals surface area contributed by atoms with Crippen LogP contribution in [0, 0.1) is 5.92 Å². The van der Waals surface area contributed by atoms with Gasteiger partial charge < -0.3 is 10.2 Å². The van der Waals surface area contributed by atoms with Gasteiger partial charge in [-0.05, 0) is 57.2 Å². The fourth-order valence-corrected chi connectivity index (χ4v) is 4.13. The molecule has 134 valence electrons. The van der Waals surface area contributed by atoms with Crippen molar-refractivity contribution in [2.45, 2.75) is 37.6 Å². The average molecular weight is 353 g/mol. The summed E-state index contributed by atoms with van der Waals surface area (Å²) in [5, 5.41) is 2.76. The molecule has 1 aliphatic heterocycles. The first-order valence-corrected chi connectivity index (χ1v) is 9.73. The molecule has 24 heavy (non-hydrogen) atoms. The first kappa shape index (κ1) is 18.9. The molecule has 0 saturated carbocycles. The molecular weight excluding hydrogens is 326 g/mol. The van der Waals surface area contributed by atoms with Crippen molar-refractivity contribution in [1.29, 1.82) is 0 Å². The predicted molar refractivity (Wildman–Crippen MR) is 95.4 cm³/mol. The van der Waals surface area contributed by atoms with Gasteiger partial charge in [0.25, 0.3) is 0 Å². The van der Waals surface area contributed by atoms with Gasteiger partial charge in [-0.15, -0.1) is 0 Å². The van der Waals surface area contributed by atoms with Crippen molar-refractivity contribution < 1.29 is 13.2 Å². The normalized spacial score (nSPS) is 17.4. The van der Waals surface area contributed by atoms with Gasteiger partial charge >= 0.3 is 0 Å². The molecule has 1 aliphatic rings. The molecule has 0 aliphatic carbocycles. The predicted octanol–water partition coefficient (Wildman–Crippen LogP) is 2.00. The molecule has 6 nitrogen and oxygen atoms in total. The van der Waals surface area contributed by atoms with Gasteiger partial charge in [-0.25, -0.2) is 8.42 Å². The summed E-state index contributed by atoms with van der Waals surface area (Å²) in [7, 11) is 0.187. The standard InChI is InChI=1S/C17H27N3O3S/c1-13(2)17(21)18-14-5-7-16(8-6-14)24(22,23)20(4)15-9-11-19(3)12-10-15/h5-8,13,15H,9-12H2,1-4H3,(H,18,21). The summed E-state index contributed by atoms with van der Waals surface area (Å²) < 4.78 is 27.0. The van der Waals surface area contributed by atoms with Crippen LogP contribution in [0.2, 0.25) is 0 Å². The summed E-state index contributed by atoms with van der Waals surface area (Å²) in [6, 6.07) is 6.41. The van der Waals surface area contributed by atoms with Crippen LogP contribution in [0.4, 0.5) is 5.69 Å². The van der Waals surface area contributed by atoms with E-state index in [-0.39, 0.29) is 22.8 Å². The second-order valence-electron chi connectivity index (χ2n) is 6.72. The SMILES string of the molecule is CC(C)C(=O)Nc1ccc(S(=O)(=O)N(C)C2CCN(C)CC2)cc1. The molecule has 1 fully saturated rings. The molecule has 0 aromatic heterocycles. The number of benzene rings is 1. The first-order chi connectivity index (χ1) is 11.2. The lowest BCUT2D eigenvalue weighted by Crippen LogP contribution is -2.44. The second-order valence-corrected chi connectivity index (χ2v) is 8.72. The molecule has 0 bridgehead atoms. The number of nitrogens with zero attached hydrogens (tertiary/aromatic N) is 2. The lowest BCUT2D eigenvalue weighted by Gasteiger charge is -2.34. The zero-order chi connectivity index (χ0) is 17.9.